The Morgan fingerprint density at radius 3 is 2.75 bits per heavy atom. The van der Waals surface area contributed by atoms with Gasteiger partial charge in [0.15, 0.2) is 0 Å². The van der Waals surface area contributed by atoms with Gasteiger partial charge in [-0.05, 0) is 25.3 Å². The molecule has 12 heavy (non-hydrogen) atoms. The van der Waals surface area contributed by atoms with Crippen molar-refractivity contribution < 1.29 is 0 Å². The van der Waals surface area contributed by atoms with Crippen molar-refractivity contribution in [2.45, 2.75) is 13.8 Å². The van der Waals surface area contributed by atoms with Gasteiger partial charge >= 0.3 is 0 Å². The first-order valence-corrected chi connectivity index (χ1v) is 4.81. The Morgan fingerprint density at radius 2 is 2.33 bits per heavy atom. The number of thiophene rings is 1. The quantitative estimate of drug-likeness (QED) is 0.618. The molecule has 1 nitrogen and oxygen atoms in total. The molecule has 0 saturated carbocycles. The van der Waals surface area contributed by atoms with Crippen LogP contribution in [0.3, 0.4) is 0 Å². The normalized spacial score (nSPS) is 13.6. The maximum atomic E-state index is 4.17. The molecular weight excluding hydrogens is 166 g/mol. The summed E-state index contributed by atoms with van der Waals surface area (Å²) >= 11 is 1.75. The summed E-state index contributed by atoms with van der Waals surface area (Å²) in [5.41, 5.74) is 2.34. The molecule has 0 spiro atoms. The fourth-order valence-corrected chi connectivity index (χ4v) is 1.94. The van der Waals surface area contributed by atoms with E-state index in [2.05, 4.69) is 28.6 Å². The van der Waals surface area contributed by atoms with Gasteiger partial charge in [0.05, 0.1) is 0 Å². The zero-order chi connectivity index (χ0) is 8.97. The highest BCUT2D eigenvalue weighted by atomic mass is 32.1. The first-order chi connectivity index (χ1) is 5.79. The molecule has 2 heteroatoms. The lowest BCUT2D eigenvalue weighted by Crippen LogP contribution is -1.93. The molecule has 0 aliphatic rings. The van der Waals surface area contributed by atoms with E-state index in [4.69, 9.17) is 0 Å². The minimum Gasteiger partial charge on any atom is -0.293 e. The van der Waals surface area contributed by atoms with Crippen molar-refractivity contribution in [2.24, 2.45) is 4.99 Å². The summed E-state index contributed by atoms with van der Waals surface area (Å²) in [6.07, 6.45) is 2.11. The number of rotatable bonds is 2. The second-order valence-corrected chi connectivity index (χ2v) is 3.44. The van der Waals surface area contributed by atoms with E-state index in [-0.39, 0.29) is 0 Å². The van der Waals surface area contributed by atoms with E-state index < -0.39 is 0 Å². The van der Waals surface area contributed by atoms with Gasteiger partial charge in [-0.1, -0.05) is 12.1 Å². The van der Waals surface area contributed by atoms with E-state index in [1.54, 1.807) is 11.3 Å². The third kappa shape index (κ3) is 1.83. The van der Waals surface area contributed by atoms with E-state index in [0.717, 1.165) is 5.71 Å². The maximum absolute atomic E-state index is 4.17. The van der Waals surface area contributed by atoms with Gasteiger partial charge in [0.2, 0.25) is 0 Å². The number of hydrogen-bond donors (Lipinski definition) is 0. The van der Waals surface area contributed by atoms with E-state index in [1.165, 1.54) is 10.5 Å². The molecule has 0 saturated heterocycles. The molecular formula is C10H13NS. The fourth-order valence-electron chi connectivity index (χ4n) is 1.08. The lowest BCUT2D eigenvalue weighted by atomic mass is 10.1. The van der Waals surface area contributed by atoms with Gasteiger partial charge in [0.1, 0.15) is 0 Å². The topological polar surface area (TPSA) is 12.4 Å². The van der Waals surface area contributed by atoms with Crippen LogP contribution in [0.25, 0.3) is 5.57 Å². The molecule has 1 rings (SSSR count). The molecule has 1 aromatic rings. The van der Waals surface area contributed by atoms with Gasteiger partial charge in [-0.2, -0.15) is 0 Å². The predicted octanol–water partition coefficient (Wildman–Crippen LogP) is 3.24. The summed E-state index contributed by atoms with van der Waals surface area (Å²) in [4.78, 5) is 5.46. The second-order valence-electron chi connectivity index (χ2n) is 2.49. The van der Waals surface area contributed by atoms with Gasteiger partial charge in [0.25, 0.3) is 0 Å². The third-order valence-corrected chi connectivity index (χ3v) is 2.70. The highest BCUT2D eigenvalue weighted by Gasteiger charge is 2.03. The van der Waals surface area contributed by atoms with E-state index in [1.807, 2.05) is 20.9 Å². The Balaban J connectivity index is 3.01. The summed E-state index contributed by atoms with van der Waals surface area (Å²) in [6, 6.07) is 4.18. The van der Waals surface area contributed by atoms with Crippen LogP contribution >= 0.6 is 11.3 Å². The molecule has 1 heterocycles. The van der Waals surface area contributed by atoms with Crippen LogP contribution in [-0.2, 0) is 0 Å². The Labute approximate surface area is 77.5 Å². The van der Waals surface area contributed by atoms with Crippen molar-refractivity contribution in [1.29, 1.82) is 0 Å². The van der Waals surface area contributed by atoms with Crippen LogP contribution in [0.5, 0.6) is 0 Å². The van der Waals surface area contributed by atoms with Crippen molar-refractivity contribution in [3.05, 3.63) is 28.5 Å². The summed E-state index contributed by atoms with van der Waals surface area (Å²) in [6.45, 7) is 4.08. The van der Waals surface area contributed by atoms with E-state index >= 15 is 0 Å². The Morgan fingerprint density at radius 1 is 1.58 bits per heavy atom. The maximum Gasteiger partial charge on any atom is 0.0397 e. The van der Waals surface area contributed by atoms with Crippen LogP contribution in [0.15, 0.2) is 28.6 Å². The van der Waals surface area contributed by atoms with E-state index in [0.29, 0.717) is 0 Å². The number of nitrogens with zero attached hydrogens (tertiary/aromatic N) is 1. The van der Waals surface area contributed by atoms with Crippen molar-refractivity contribution in [3.63, 3.8) is 0 Å². The van der Waals surface area contributed by atoms with E-state index in [9.17, 15) is 0 Å². The summed E-state index contributed by atoms with van der Waals surface area (Å²) in [5, 5.41) is 2.09. The molecule has 0 aromatic carbocycles. The summed E-state index contributed by atoms with van der Waals surface area (Å²) in [5.74, 6) is 0. The lowest BCUT2D eigenvalue weighted by Gasteiger charge is -2.01. The number of aliphatic imine (C=N–C) groups is 1. The van der Waals surface area contributed by atoms with Crippen molar-refractivity contribution in [1.82, 2.24) is 0 Å². The van der Waals surface area contributed by atoms with Gasteiger partial charge in [-0.15, -0.1) is 11.3 Å². The zero-order valence-corrected chi connectivity index (χ0v) is 8.48. The fraction of sp³-hybridized carbons (Fsp3) is 0.300. The molecule has 0 amide bonds. The van der Waals surface area contributed by atoms with Crippen molar-refractivity contribution >= 4 is 22.6 Å². The van der Waals surface area contributed by atoms with Gasteiger partial charge in [-0.3, -0.25) is 4.99 Å². The molecule has 0 aliphatic carbocycles. The smallest absolute Gasteiger partial charge is 0.0397 e. The first-order valence-electron chi connectivity index (χ1n) is 3.93. The Hall–Kier alpha value is -0.890. The number of hydrogen-bond acceptors (Lipinski definition) is 2. The molecule has 0 radical (unpaired) electrons. The third-order valence-electron chi connectivity index (χ3n) is 1.80. The molecule has 1 aromatic heterocycles. The molecule has 0 bridgehead atoms. The first kappa shape index (κ1) is 9.20. The minimum atomic E-state index is 1.10. The highest BCUT2D eigenvalue weighted by Crippen LogP contribution is 2.21. The molecule has 0 N–H and O–H groups in total. The van der Waals surface area contributed by atoms with Gasteiger partial charge in [0, 0.05) is 23.2 Å². The van der Waals surface area contributed by atoms with Crippen LogP contribution < -0.4 is 0 Å². The van der Waals surface area contributed by atoms with Gasteiger partial charge < -0.3 is 0 Å². The standard InChI is InChI=1S/C10H13NS/c1-4-9(8(2)11-3)10-6-5-7-12-10/h4-7H,1-3H3/b9-4+,11-8?. The average Bonchev–Trinajstić information content (AvgIpc) is 2.58. The molecule has 0 atom stereocenters. The average molecular weight is 179 g/mol. The van der Waals surface area contributed by atoms with Crippen LogP contribution in [0.1, 0.15) is 18.7 Å². The van der Waals surface area contributed by atoms with Crippen LogP contribution in [0.2, 0.25) is 0 Å². The zero-order valence-electron chi connectivity index (χ0n) is 7.66. The van der Waals surface area contributed by atoms with Crippen molar-refractivity contribution in [3.8, 4) is 0 Å². The summed E-state index contributed by atoms with van der Waals surface area (Å²) < 4.78 is 0. The van der Waals surface area contributed by atoms with Crippen molar-refractivity contribution in [2.75, 3.05) is 7.05 Å². The molecule has 0 aliphatic heterocycles. The molecule has 0 unspecified atom stereocenters. The second kappa shape index (κ2) is 4.21. The lowest BCUT2D eigenvalue weighted by molar-refractivity contribution is 1.43. The minimum absolute atomic E-state index is 1.10. The van der Waals surface area contributed by atoms with Crippen LogP contribution in [0.4, 0.5) is 0 Å². The SMILES string of the molecule is C/C=C(\C(C)=NC)c1cccs1. The molecule has 0 fully saturated rings. The Kier molecular flexibility index (Phi) is 3.23. The monoisotopic (exact) mass is 179 g/mol. The Bertz CT molecular complexity index is 294. The number of allylic oxidation sites excluding steroid dienone is 2. The van der Waals surface area contributed by atoms with Crippen LogP contribution in [0, 0.1) is 0 Å². The van der Waals surface area contributed by atoms with Gasteiger partial charge in [-0.25, -0.2) is 0 Å². The predicted molar refractivity (Wildman–Crippen MR) is 57.0 cm³/mol. The largest absolute Gasteiger partial charge is 0.293 e. The molecule has 64 valence electrons. The highest BCUT2D eigenvalue weighted by molar-refractivity contribution is 7.11. The van der Waals surface area contributed by atoms with Crippen LogP contribution in [-0.4, -0.2) is 12.8 Å². The summed E-state index contributed by atoms with van der Waals surface area (Å²) in [7, 11) is 1.83.